The van der Waals surface area contributed by atoms with Crippen LogP contribution in [-0.4, -0.2) is 34.7 Å². The molecule has 8 heteroatoms. The predicted octanol–water partition coefficient (Wildman–Crippen LogP) is 4.91. The van der Waals surface area contributed by atoms with Gasteiger partial charge in [0.1, 0.15) is 0 Å². The van der Waals surface area contributed by atoms with Crippen molar-refractivity contribution in [3.8, 4) is 0 Å². The summed E-state index contributed by atoms with van der Waals surface area (Å²) in [4.78, 5) is 37.1. The number of hydrogen-bond donors (Lipinski definition) is 1. The van der Waals surface area contributed by atoms with E-state index in [4.69, 9.17) is 11.6 Å². The first-order valence-electron chi connectivity index (χ1n) is 9.49. The van der Waals surface area contributed by atoms with Crippen LogP contribution in [0.1, 0.15) is 52.8 Å². The zero-order valence-corrected chi connectivity index (χ0v) is 16.8. The smallest absolute Gasteiger partial charge is 0.270 e. The zero-order valence-electron chi connectivity index (χ0n) is 16.1. The number of anilines is 1. The van der Waals surface area contributed by atoms with E-state index in [9.17, 15) is 19.7 Å². The van der Waals surface area contributed by atoms with E-state index in [0.29, 0.717) is 11.3 Å². The quantitative estimate of drug-likeness (QED) is 0.554. The minimum atomic E-state index is -0.576. The summed E-state index contributed by atoms with van der Waals surface area (Å²) in [6.45, 7) is 0. The van der Waals surface area contributed by atoms with Crippen molar-refractivity contribution in [3.63, 3.8) is 0 Å². The molecule has 0 heterocycles. The number of nitrogens with one attached hydrogen (secondary N) is 1. The van der Waals surface area contributed by atoms with Crippen molar-refractivity contribution >= 4 is 34.8 Å². The van der Waals surface area contributed by atoms with Crippen LogP contribution >= 0.6 is 11.6 Å². The highest BCUT2D eigenvalue weighted by atomic mass is 35.5. The SMILES string of the molecule is CN(C(=O)c1ccc(NC(=O)c2ccc([N+](=O)[O-])cc2Cl)cc1)C1CCCCC1. The average molecular weight is 416 g/mol. The second kappa shape index (κ2) is 9.05. The number of nitro benzene ring substituents is 1. The topological polar surface area (TPSA) is 92.6 Å². The van der Waals surface area contributed by atoms with Gasteiger partial charge >= 0.3 is 0 Å². The molecule has 1 N–H and O–H groups in total. The van der Waals surface area contributed by atoms with Gasteiger partial charge in [0.25, 0.3) is 17.5 Å². The Bertz CT molecular complexity index is 924. The van der Waals surface area contributed by atoms with Gasteiger partial charge in [-0.3, -0.25) is 19.7 Å². The van der Waals surface area contributed by atoms with E-state index < -0.39 is 10.8 Å². The van der Waals surface area contributed by atoms with Gasteiger partial charge in [-0.25, -0.2) is 0 Å². The van der Waals surface area contributed by atoms with E-state index in [1.807, 2.05) is 11.9 Å². The molecule has 2 aromatic carbocycles. The first-order chi connectivity index (χ1) is 13.9. The predicted molar refractivity (Wildman–Crippen MR) is 111 cm³/mol. The fraction of sp³-hybridized carbons (Fsp3) is 0.333. The molecule has 0 aromatic heterocycles. The summed E-state index contributed by atoms with van der Waals surface area (Å²) in [6.07, 6.45) is 5.60. The van der Waals surface area contributed by atoms with Gasteiger partial charge < -0.3 is 10.2 Å². The van der Waals surface area contributed by atoms with Gasteiger partial charge in [-0.05, 0) is 43.2 Å². The third kappa shape index (κ3) is 4.92. The number of non-ortho nitro benzene ring substituents is 1. The van der Waals surface area contributed by atoms with Crippen molar-refractivity contribution in [1.29, 1.82) is 0 Å². The normalized spacial score (nSPS) is 14.3. The first-order valence-corrected chi connectivity index (χ1v) is 9.87. The van der Waals surface area contributed by atoms with E-state index in [1.54, 1.807) is 24.3 Å². The first kappa shape index (κ1) is 20.8. The molecule has 2 aromatic rings. The number of carbonyl (C=O) groups is 2. The van der Waals surface area contributed by atoms with Crippen LogP contribution in [0.15, 0.2) is 42.5 Å². The van der Waals surface area contributed by atoms with Gasteiger partial charge in [-0.2, -0.15) is 0 Å². The maximum absolute atomic E-state index is 12.7. The summed E-state index contributed by atoms with van der Waals surface area (Å²) in [7, 11) is 1.84. The molecule has 2 amide bonds. The molecule has 1 aliphatic rings. The number of nitro groups is 1. The van der Waals surface area contributed by atoms with Crippen LogP contribution < -0.4 is 5.32 Å². The lowest BCUT2D eigenvalue weighted by atomic mass is 9.94. The Labute approximate surface area is 173 Å². The second-order valence-corrected chi connectivity index (χ2v) is 7.57. The third-order valence-corrected chi connectivity index (χ3v) is 5.55. The average Bonchev–Trinajstić information content (AvgIpc) is 2.73. The standard InChI is InChI=1S/C21H22ClN3O4/c1-24(16-5-3-2-4-6-16)21(27)14-7-9-15(10-8-14)23-20(26)18-12-11-17(25(28)29)13-19(18)22/h7-13,16H,2-6H2,1H3,(H,23,26). The van der Waals surface area contributed by atoms with Crippen LogP contribution in [0.5, 0.6) is 0 Å². The molecule has 0 saturated heterocycles. The van der Waals surface area contributed by atoms with Gasteiger partial charge in [0.05, 0.1) is 15.5 Å². The highest BCUT2D eigenvalue weighted by molar-refractivity contribution is 6.34. The lowest BCUT2D eigenvalue weighted by Gasteiger charge is -2.31. The summed E-state index contributed by atoms with van der Waals surface area (Å²) < 4.78 is 0. The number of amides is 2. The molecule has 0 radical (unpaired) electrons. The molecule has 7 nitrogen and oxygen atoms in total. The van der Waals surface area contributed by atoms with Crippen LogP contribution in [0.25, 0.3) is 0 Å². The van der Waals surface area contributed by atoms with Crippen molar-refractivity contribution < 1.29 is 14.5 Å². The molecular formula is C21H22ClN3O4. The number of nitrogens with zero attached hydrogens (tertiary/aromatic N) is 2. The van der Waals surface area contributed by atoms with Crippen molar-refractivity contribution in [3.05, 3.63) is 68.7 Å². The molecule has 3 rings (SSSR count). The van der Waals surface area contributed by atoms with Gasteiger partial charge in [-0.15, -0.1) is 0 Å². The van der Waals surface area contributed by atoms with Crippen molar-refractivity contribution in [2.75, 3.05) is 12.4 Å². The summed E-state index contributed by atoms with van der Waals surface area (Å²) in [5.74, 6) is -0.517. The molecule has 0 unspecified atom stereocenters. The van der Waals surface area contributed by atoms with E-state index in [1.165, 1.54) is 18.6 Å². The van der Waals surface area contributed by atoms with Crippen LogP contribution in [-0.2, 0) is 0 Å². The molecule has 0 spiro atoms. The van der Waals surface area contributed by atoms with Crippen LogP contribution in [0.2, 0.25) is 5.02 Å². The third-order valence-electron chi connectivity index (χ3n) is 5.24. The fourth-order valence-electron chi connectivity index (χ4n) is 3.53. The fourth-order valence-corrected chi connectivity index (χ4v) is 3.79. The van der Waals surface area contributed by atoms with Crippen LogP contribution in [0, 0.1) is 10.1 Å². The summed E-state index contributed by atoms with van der Waals surface area (Å²) in [5, 5.41) is 13.5. The van der Waals surface area contributed by atoms with E-state index in [-0.39, 0.29) is 28.2 Å². The molecular weight excluding hydrogens is 394 g/mol. The Morgan fingerprint density at radius 1 is 1.10 bits per heavy atom. The Balaban J connectivity index is 1.66. The van der Waals surface area contributed by atoms with Gasteiger partial charge in [-0.1, -0.05) is 30.9 Å². The van der Waals surface area contributed by atoms with Crippen LogP contribution in [0.3, 0.4) is 0 Å². The molecule has 1 fully saturated rings. The minimum Gasteiger partial charge on any atom is -0.339 e. The number of halogens is 1. The van der Waals surface area contributed by atoms with E-state index >= 15 is 0 Å². The highest BCUT2D eigenvalue weighted by Gasteiger charge is 2.23. The molecule has 1 saturated carbocycles. The van der Waals surface area contributed by atoms with Crippen LogP contribution in [0.4, 0.5) is 11.4 Å². The highest BCUT2D eigenvalue weighted by Crippen LogP contribution is 2.25. The number of carbonyl (C=O) groups excluding carboxylic acids is 2. The Kier molecular flexibility index (Phi) is 6.49. The lowest BCUT2D eigenvalue weighted by molar-refractivity contribution is -0.384. The summed E-state index contributed by atoms with van der Waals surface area (Å²) >= 11 is 5.99. The molecule has 1 aliphatic carbocycles. The number of hydrogen-bond acceptors (Lipinski definition) is 4. The zero-order chi connectivity index (χ0) is 21.0. The number of rotatable bonds is 5. The Morgan fingerprint density at radius 2 is 1.76 bits per heavy atom. The van der Waals surface area contributed by atoms with Gasteiger partial charge in [0.15, 0.2) is 0 Å². The molecule has 152 valence electrons. The molecule has 0 aliphatic heterocycles. The van der Waals surface area contributed by atoms with Crippen molar-refractivity contribution in [2.24, 2.45) is 0 Å². The summed E-state index contributed by atoms with van der Waals surface area (Å²) in [5.41, 5.74) is 1.01. The second-order valence-electron chi connectivity index (χ2n) is 7.16. The van der Waals surface area contributed by atoms with E-state index in [2.05, 4.69) is 5.32 Å². The lowest BCUT2D eigenvalue weighted by Crippen LogP contribution is -2.38. The van der Waals surface area contributed by atoms with Gasteiger partial charge in [0, 0.05) is 36.5 Å². The Hall–Kier alpha value is -2.93. The number of benzene rings is 2. The van der Waals surface area contributed by atoms with Crippen molar-refractivity contribution in [1.82, 2.24) is 4.90 Å². The van der Waals surface area contributed by atoms with Crippen molar-refractivity contribution in [2.45, 2.75) is 38.1 Å². The molecule has 0 atom stereocenters. The molecule has 0 bridgehead atoms. The van der Waals surface area contributed by atoms with E-state index in [0.717, 1.165) is 31.7 Å². The summed E-state index contributed by atoms with van der Waals surface area (Å²) in [6, 6.07) is 10.6. The van der Waals surface area contributed by atoms with Gasteiger partial charge in [0.2, 0.25) is 0 Å². The minimum absolute atomic E-state index is 0.00222. The maximum Gasteiger partial charge on any atom is 0.270 e. The maximum atomic E-state index is 12.7. The largest absolute Gasteiger partial charge is 0.339 e. The molecule has 29 heavy (non-hydrogen) atoms. The Morgan fingerprint density at radius 3 is 2.34 bits per heavy atom. The monoisotopic (exact) mass is 415 g/mol.